The molecule has 0 bridgehead atoms. The Morgan fingerprint density at radius 3 is 2.59 bits per heavy atom. The molecule has 0 aliphatic carbocycles. The monoisotopic (exact) mass is 374 g/mol. The second-order valence-corrected chi connectivity index (χ2v) is 5.99. The second-order valence-electron chi connectivity index (χ2n) is 5.99. The molecule has 0 atom stereocenters. The quantitative estimate of drug-likeness (QED) is 0.586. The summed E-state index contributed by atoms with van der Waals surface area (Å²) in [6, 6.07) is 1.27. The van der Waals surface area contributed by atoms with Gasteiger partial charge in [0.05, 0.1) is 13.2 Å². The topological polar surface area (TPSA) is 118 Å². The zero-order valence-electron chi connectivity index (χ0n) is 15.3. The summed E-state index contributed by atoms with van der Waals surface area (Å²) in [4.78, 5) is 53.1. The third-order valence-electron chi connectivity index (χ3n) is 4.29. The maximum Gasteiger partial charge on any atom is 0.342 e. The number of fused-ring (bicyclic) bond motifs is 1. The van der Waals surface area contributed by atoms with Gasteiger partial charge in [-0.05, 0) is 13.8 Å². The molecule has 0 aliphatic rings. The van der Waals surface area contributed by atoms with E-state index in [0.29, 0.717) is 5.69 Å². The Bertz CT molecular complexity index is 1230. The van der Waals surface area contributed by atoms with E-state index < -0.39 is 22.8 Å². The average Bonchev–Trinajstić information content (AvgIpc) is 2.97. The minimum Gasteiger partial charge on any atom is -0.462 e. The van der Waals surface area contributed by atoms with Gasteiger partial charge in [0.2, 0.25) is 5.71 Å². The number of hydrogen-bond acceptors (Lipinski definition) is 7. The number of rotatable bonds is 4. The molecule has 0 saturated heterocycles. The SMILES string of the molecule is CCOC(=O)c1c(C)oc2ncn(Cc3cc(=O)n(C)c(=O)n3C)c(=O)c12. The lowest BCUT2D eigenvalue weighted by atomic mass is 10.2. The van der Waals surface area contributed by atoms with Crippen molar-refractivity contribution in [2.24, 2.45) is 14.1 Å². The van der Waals surface area contributed by atoms with Crippen LogP contribution in [0.15, 0.2) is 31.2 Å². The Morgan fingerprint density at radius 1 is 1.22 bits per heavy atom. The summed E-state index contributed by atoms with van der Waals surface area (Å²) in [7, 11) is 2.87. The standard InChI is InChI=1S/C17H18N4O6/c1-5-26-16(24)12-9(2)27-14-13(12)15(23)21(8-18-14)7-10-6-11(22)20(4)17(25)19(10)3/h6,8H,5,7H2,1-4H3. The fourth-order valence-corrected chi connectivity index (χ4v) is 2.80. The first-order chi connectivity index (χ1) is 12.8. The van der Waals surface area contributed by atoms with Crippen LogP contribution in [-0.2, 0) is 25.4 Å². The van der Waals surface area contributed by atoms with E-state index in [-0.39, 0.29) is 35.6 Å². The van der Waals surface area contributed by atoms with Crippen molar-refractivity contribution >= 4 is 17.1 Å². The van der Waals surface area contributed by atoms with Crippen LogP contribution in [0.3, 0.4) is 0 Å². The Labute approximate surface area is 152 Å². The van der Waals surface area contributed by atoms with Crippen molar-refractivity contribution in [2.75, 3.05) is 6.61 Å². The smallest absolute Gasteiger partial charge is 0.342 e. The molecule has 3 aromatic rings. The number of nitrogens with zero attached hydrogens (tertiary/aromatic N) is 4. The molecule has 0 saturated carbocycles. The van der Waals surface area contributed by atoms with E-state index in [4.69, 9.17) is 9.15 Å². The molecule has 3 rings (SSSR count). The van der Waals surface area contributed by atoms with E-state index in [1.807, 2.05) is 0 Å². The summed E-state index contributed by atoms with van der Waals surface area (Å²) >= 11 is 0. The lowest BCUT2D eigenvalue weighted by Crippen LogP contribution is -2.39. The first kappa shape index (κ1) is 18.4. The van der Waals surface area contributed by atoms with Gasteiger partial charge >= 0.3 is 11.7 Å². The van der Waals surface area contributed by atoms with E-state index >= 15 is 0 Å². The molecule has 0 fully saturated rings. The first-order valence-corrected chi connectivity index (χ1v) is 8.17. The van der Waals surface area contributed by atoms with Crippen LogP contribution in [-0.4, -0.2) is 31.3 Å². The van der Waals surface area contributed by atoms with Crippen molar-refractivity contribution in [2.45, 2.75) is 20.4 Å². The van der Waals surface area contributed by atoms with Crippen LogP contribution in [0.25, 0.3) is 11.1 Å². The van der Waals surface area contributed by atoms with Crippen LogP contribution < -0.4 is 16.8 Å². The number of aromatic nitrogens is 4. The number of carbonyl (C=O) groups excluding carboxylic acids is 1. The molecule has 0 aromatic carbocycles. The van der Waals surface area contributed by atoms with Crippen LogP contribution in [0.2, 0.25) is 0 Å². The Morgan fingerprint density at radius 2 is 1.93 bits per heavy atom. The van der Waals surface area contributed by atoms with E-state index in [0.717, 1.165) is 4.57 Å². The fourth-order valence-electron chi connectivity index (χ4n) is 2.80. The van der Waals surface area contributed by atoms with Gasteiger partial charge in [-0.2, -0.15) is 0 Å². The number of esters is 1. The van der Waals surface area contributed by atoms with Gasteiger partial charge in [0.25, 0.3) is 11.1 Å². The van der Waals surface area contributed by atoms with E-state index in [1.54, 1.807) is 13.8 Å². The van der Waals surface area contributed by atoms with Crippen molar-refractivity contribution in [3.05, 3.63) is 60.6 Å². The molecule has 0 amide bonds. The number of carbonyl (C=O) groups is 1. The molecule has 0 unspecified atom stereocenters. The molecule has 10 heteroatoms. The van der Waals surface area contributed by atoms with Crippen molar-refractivity contribution in [3.8, 4) is 0 Å². The number of ether oxygens (including phenoxy) is 1. The lowest BCUT2D eigenvalue weighted by Gasteiger charge is -2.10. The Hall–Kier alpha value is -3.43. The molecule has 3 heterocycles. The molecular formula is C17H18N4O6. The van der Waals surface area contributed by atoms with Crippen molar-refractivity contribution < 1.29 is 13.9 Å². The molecular weight excluding hydrogens is 356 g/mol. The third-order valence-corrected chi connectivity index (χ3v) is 4.29. The van der Waals surface area contributed by atoms with Crippen LogP contribution in [0, 0.1) is 6.92 Å². The largest absolute Gasteiger partial charge is 0.462 e. The van der Waals surface area contributed by atoms with E-state index in [1.165, 1.54) is 35.6 Å². The molecule has 0 aliphatic heterocycles. The zero-order valence-corrected chi connectivity index (χ0v) is 15.3. The van der Waals surface area contributed by atoms with Gasteiger partial charge < -0.3 is 9.15 Å². The predicted octanol–water partition coefficient (Wildman–Crippen LogP) is -0.0797. The highest BCUT2D eigenvalue weighted by atomic mass is 16.5. The first-order valence-electron chi connectivity index (χ1n) is 8.17. The third kappa shape index (κ3) is 2.98. The molecule has 0 N–H and O–H groups in total. The number of aryl methyl sites for hydroxylation is 1. The van der Waals surface area contributed by atoms with Gasteiger partial charge in [0.1, 0.15) is 23.0 Å². The van der Waals surface area contributed by atoms with Gasteiger partial charge in [-0.15, -0.1) is 0 Å². The van der Waals surface area contributed by atoms with Crippen LogP contribution in [0.1, 0.15) is 28.7 Å². The number of furan rings is 1. The molecule has 3 aromatic heterocycles. The molecule has 27 heavy (non-hydrogen) atoms. The molecule has 0 spiro atoms. The van der Waals surface area contributed by atoms with Crippen molar-refractivity contribution in [1.29, 1.82) is 0 Å². The minimum atomic E-state index is -0.675. The highest BCUT2D eigenvalue weighted by Gasteiger charge is 2.24. The number of hydrogen-bond donors (Lipinski definition) is 0. The zero-order chi connectivity index (χ0) is 19.9. The molecule has 10 nitrogen and oxygen atoms in total. The summed E-state index contributed by atoms with van der Waals surface area (Å²) in [6.07, 6.45) is 1.24. The highest BCUT2D eigenvalue weighted by molar-refractivity contribution is 6.03. The normalized spacial score (nSPS) is 11.1. The van der Waals surface area contributed by atoms with Gasteiger partial charge in [0, 0.05) is 25.9 Å². The summed E-state index contributed by atoms with van der Waals surface area (Å²) < 4.78 is 13.8. The maximum atomic E-state index is 12.9. The predicted molar refractivity (Wildman–Crippen MR) is 95.0 cm³/mol. The van der Waals surface area contributed by atoms with Crippen LogP contribution in [0.4, 0.5) is 0 Å². The van der Waals surface area contributed by atoms with Crippen LogP contribution >= 0.6 is 0 Å². The van der Waals surface area contributed by atoms with Crippen molar-refractivity contribution in [1.82, 2.24) is 18.7 Å². The maximum absolute atomic E-state index is 12.9. The van der Waals surface area contributed by atoms with E-state index in [9.17, 15) is 19.2 Å². The highest BCUT2D eigenvalue weighted by Crippen LogP contribution is 2.21. The Kier molecular flexibility index (Phi) is 4.56. The summed E-state index contributed by atoms with van der Waals surface area (Å²) in [5.41, 5.74) is -1.16. The minimum absolute atomic E-state index is 0.00211. The van der Waals surface area contributed by atoms with Gasteiger partial charge in [-0.3, -0.25) is 23.3 Å². The van der Waals surface area contributed by atoms with Crippen molar-refractivity contribution in [3.63, 3.8) is 0 Å². The summed E-state index contributed by atoms with van der Waals surface area (Å²) in [6.45, 7) is 3.27. The lowest BCUT2D eigenvalue weighted by molar-refractivity contribution is 0.0526. The van der Waals surface area contributed by atoms with Gasteiger partial charge in [-0.25, -0.2) is 14.6 Å². The summed E-state index contributed by atoms with van der Waals surface area (Å²) in [5.74, 6) is -0.446. The van der Waals surface area contributed by atoms with E-state index in [2.05, 4.69) is 4.98 Å². The van der Waals surface area contributed by atoms with Crippen LogP contribution in [0.5, 0.6) is 0 Å². The fraction of sp³-hybridized carbons (Fsp3) is 0.353. The molecule has 142 valence electrons. The summed E-state index contributed by atoms with van der Waals surface area (Å²) in [5, 5.41) is 0.00211. The van der Waals surface area contributed by atoms with Gasteiger partial charge in [0.15, 0.2) is 0 Å². The Balaban J connectivity index is 2.18. The van der Waals surface area contributed by atoms with Gasteiger partial charge in [-0.1, -0.05) is 0 Å². The molecule has 0 radical (unpaired) electrons. The average molecular weight is 374 g/mol. The second kappa shape index (κ2) is 6.71.